The number of ether oxygens (including phenoxy) is 1. The number of hydrogen-bond acceptors (Lipinski definition) is 6. The number of alkyl halides is 3. The topological polar surface area (TPSA) is 114 Å². The summed E-state index contributed by atoms with van der Waals surface area (Å²) in [5, 5.41) is 12.8. The summed E-state index contributed by atoms with van der Waals surface area (Å²) in [6, 6.07) is 8.12. The first-order chi connectivity index (χ1) is 22.2. The number of carbonyl (C=O) groups excluding carboxylic acids is 1. The van der Waals surface area contributed by atoms with E-state index in [1.54, 1.807) is 19.1 Å². The number of aliphatic carboxylic acids is 1. The van der Waals surface area contributed by atoms with E-state index in [2.05, 4.69) is 10.3 Å². The van der Waals surface area contributed by atoms with Gasteiger partial charge in [0.05, 0.1) is 34.4 Å². The van der Waals surface area contributed by atoms with Gasteiger partial charge in [-0.05, 0) is 62.1 Å². The number of carboxylic acid groups (broad SMARTS) is 1. The first kappa shape index (κ1) is 32.2. The zero-order valence-electron chi connectivity index (χ0n) is 25.9. The minimum atomic E-state index is -4.83. The van der Waals surface area contributed by atoms with E-state index < -0.39 is 46.6 Å². The van der Waals surface area contributed by atoms with Crippen molar-refractivity contribution in [2.24, 2.45) is 7.05 Å². The van der Waals surface area contributed by atoms with E-state index in [1.165, 1.54) is 44.4 Å². The van der Waals surface area contributed by atoms with Crippen molar-refractivity contribution in [3.05, 3.63) is 92.8 Å². The zero-order chi connectivity index (χ0) is 33.8. The van der Waals surface area contributed by atoms with Crippen molar-refractivity contribution in [2.75, 3.05) is 24.6 Å². The molecule has 1 saturated heterocycles. The van der Waals surface area contributed by atoms with E-state index in [9.17, 15) is 32.7 Å². The van der Waals surface area contributed by atoms with Crippen LogP contribution in [0.25, 0.3) is 22.0 Å². The van der Waals surface area contributed by atoms with E-state index in [4.69, 9.17) is 4.74 Å². The highest BCUT2D eigenvalue weighted by Gasteiger charge is 2.47. The Morgan fingerprint density at radius 2 is 1.89 bits per heavy atom. The van der Waals surface area contributed by atoms with Crippen LogP contribution in [0.4, 0.5) is 23.2 Å². The molecule has 9 nitrogen and oxygen atoms in total. The van der Waals surface area contributed by atoms with Gasteiger partial charge in [0.15, 0.2) is 0 Å². The maximum absolute atomic E-state index is 15.4. The Labute approximate surface area is 266 Å². The van der Waals surface area contributed by atoms with Crippen LogP contribution in [0, 0.1) is 19.7 Å². The number of amides is 1. The molecule has 13 heteroatoms. The summed E-state index contributed by atoms with van der Waals surface area (Å²) in [5.41, 5.74) is -1.65. The molecule has 1 amide bonds. The lowest BCUT2D eigenvalue weighted by atomic mass is 9.93. The first-order valence-corrected chi connectivity index (χ1v) is 15.1. The molecule has 0 unspecified atom stereocenters. The predicted octanol–water partition coefficient (Wildman–Crippen LogP) is 5.17. The predicted molar refractivity (Wildman–Crippen MR) is 166 cm³/mol. The van der Waals surface area contributed by atoms with Gasteiger partial charge in [0.2, 0.25) is 0 Å². The summed E-state index contributed by atoms with van der Waals surface area (Å²) in [7, 11) is 1.37. The highest BCUT2D eigenvalue weighted by Crippen LogP contribution is 2.43. The summed E-state index contributed by atoms with van der Waals surface area (Å²) in [5.74, 6) is -3.11. The number of aromatic nitrogens is 2. The molecule has 1 spiro atoms. The Balaban J connectivity index is 1.31. The Kier molecular flexibility index (Phi) is 8.07. The van der Waals surface area contributed by atoms with Crippen molar-refractivity contribution < 1.29 is 37.0 Å². The fourth-order valence-electron chi connectivity index (χ4n) is 6.27. The highest BCUT2D eigenvalue weighted by molar-refractivity contribution is 5.99. The zero-order valence-corrected chi connectivity index (χ0v) is 25.9. The molecule has 0 radical (unpaired) electrons. The van der Waals surface area contributed by atoms with Crippen LogP contribution in [0.2, 0.25) is 0 Å². The van der Waals surface area contributed by atoms with Crippen molar-refractivity contribution in [3.63, 3.8) is 0 Å². The molecule has 6 rings (SSSR count). The van der Waals surface area contributed by atoms with Crippen LogP contribution in [0.1, 0.15) is 45.6 Å². The SMILES string of the molecule is Cc1cc(N2CCOC3(CC3)C2)cc(F)c1C(=O)N[C@@H](Cc1ccc(-c2c(C(F)(F)F)cc(C)n(C)c2=O)c2ncccc12)C(=O)O. The van der Waals surface area contributed by atoms with Gasteiger partial charge in [0.25, 0.3) is 11.5 Å². The number of pyridine rings is 2. The van der Waals surface area contributed by atoms with Crippen LogP contribution in [-0.4, -0.2) is 57.9 Å². The number of rotatable bonds is 7. The quantitative estimate of drug-likeness (QED) is 0.265. The molecular weight excluding hydrogens is 620 g/mol. The lowest BCUT2D eigenvalue weighted by Crippen LogP contribution is -2.44. The van der Waals surface area contributed by atoms with Crippen LogP contribution in [0.3, 0.4) is 0 Å². The summed E-state index contributed by atoms with van der Waals surface area (Å²) >= 11 is 0. The van der Waals surface area contributed by atoms with E-state index in [-0.39, 0.29) is 34.4 Å². The van der Waals surface area contributed by atoms with Gasteiger partial charge < -0.3 is 24.6 Å². The summed E-state index contributed by atoms with van der Waals surface area (Å²) in [6.45, 7) is 4.68. The Morgan fingerprint density at radius 3 is 2.55 bits per heavy atom. The van der Waals surface area contributed by atoms with Crippen molar-refractivity contribution in [1.29, 1.82) is 0 Å². The van der Waals surface area contributed by atoms with Crippen molar-refractivity contribution in [3.8, 4) is 11.1 Å². The third kappa shape index (κ3) is 6.07. The highest BCUT2D eigenvalue weighted by atomic mass is 19.4. The fourth-order valence-corrected chi connectivity index (χ4v) is 6.27. The van der Waals surface area contributed by atoms with Gasteiger partial charge in [-0.3, -0.25) is 14.6 Å². The molecule has 246 valence electrons. The molecule has 1 saturated carbocycles. The van der Waals surface area contributed by atoms with Gasteiger partial charge in [-0.15, -0.1) is 0 Å². The van der Waals surface area contributed by atoms with Gasteiger partial charge in [-0.2, -0.15) is 13.2 Å². The van der Waals surface area contributed by atoms with E-state index in [0.717, 1.165) is 23.5 Å². The first-order valence-electron chi connectivity index (χ1n) is 15.1. The smallest absolute Gasteiger partial charge is 0.417 e. The maximum Gasteiger partial charge on any atom is 0.417 e. The molecule has 1 aliphatic heterocycles. The van der Waals surface area contributed by atoms with Gasteiger partial charge >= 0.3 is 12.1 Å². The van der Waals surface area contributed by atoms with Crippen LogP contribution < -0.4 is 15.8 Å². The molecule has 3 heterocycles. The second-order valence-electron chi connectivity index (χ2n) is 12.2. The average Bonchev–Trinajstić information content (AvgIpc) is 3.76. The molecule has 2 aliphatic rings. The number of carbonyl (C=O) groups is 2. The van der Waals surface area contributed by atoms with E-state index in [0.29, 0.717) is 41.9 Å². The number of nitrogens with one attached hydrogen (secondary N) is 1. The number of hydrogen-bond donors (Lipinski definition) is 2. The molecule has 2 fully saturated rings. The van der Waals surface area contributed by atoms with Crippen LogP contribution in [0.5, 0.6) is 0 Å². The number of halogens is 4. The molecular formula is C34H32F4N4O5. The second kappa shape index (κ2) is 11.8. The van der Waals surface area contributed by atoms with E-state index in [1.807, 2.05) is 4.90 Å². The van der Waals surface area contributed by atoms with Gasteiger partial charge in [-0.25, -0.2) is 9.18 Å². The second-order valence-corrected chi connectivity index (χ2v) is 12.2. The van der Waals surface area contributed by atoms with E-state index >= 15 is 4.39 Å². The third-order valence-electron chi connectivity index (χ3n) is 9.05. The van der Waals surface area contributed by atoms with Crippen LogP contribution in [-0.2, 0) is 29.2 Å². The Hall–Kier alpha value is -4.78. The lowest BCUT2D eigenvalue weighted by molar-refractivity contribution is -0.139. The lowest BCUT2D eigenvalue weighted by Gasteiger charge is -2.35. The standard InChI is InChI=1S/C34H32F4N4O5/c1-18-13-21(42-11-12-47-33(17-42)8-9-33)16-25(35)27(18)30(43)40-26(32(45)46)15-20-6-7-23(29-22(20)5-4-10-39-29)28-24(34(36,37)38)14-19(2)41(3)31(28)44/h4-7,10,13-14,16,26H,8-9,11-12,15,17H2,1-3H3,(H,40,43)(H,45,46)/t26-/m0/s1. The number of benzene rings is 2. The summed E-state index contributed by atoms with van der Waals surface area (Å²) in [6.07, 6.45) is -1.89. The minimum Gasteiger partial charge on any atom is -0.480 e. The monoisotopic (exact) mass is 652 g/mol. The van der Waals surface area contributed by atoms with Gasteiger partial charge in [0.1, 0.15) is 11.9 Å². The van der Waals surface area contributed by atoms with Crippen LogP contribution >= 0.6 is 0 Å². The number of morpholine rings is 1. The minimum absolute atomic E-state index is 0.0560. The molecule has 2 N–H and O–H groups in total. The molecule has 1 aliphatic carbocycles. The van der Waals surface area contributed by atoms with Crippen molar-refractivity contribution >= 4 is 28.5 Å². The summed E-state index contributed by atoms with van der Waals surface area (Å²) in [4.78, 5) is 45.1. The largest absolute Gasteiger partial charge is 0.480 e. The normalized spacial score (nSPS) is 16.4. The third-order valence-corrected chi connectivity index (χ3v) is 9.05. The number of nitrogens with zero attached hydrogens (tertiary/aromatic N) is 3. The molecule has 1 atom stereocenters. The van der Waals surface area contributed by atoms with Crippen LogP contribution in [0.15, 0.2) is 53.5 Å². The average molecular weight is 653 g/mol. The maximum atomic E-state index is 15.4. The summed E-state index contributed by atoms with van der Waals surface area (Å²) < 4.78 is 64.8. The fraction of sp³-hybridized carbons (Fsp3) is 0.353. The molecule has 4 aromatic rings. The molecule has 2 aromatic carbocycles. The molecule has 47 heavy (non-hydrogen) atoms. The van der Waals surface area contributed by atoms with Gasteiger partial charge in [0, 0.05) is 55.1 Å². The Morgan fingerprint density at radius 1 is 1.15 bits per heavy atom. The van der Waals surface area contributed by atoms with Crippen molar-refractivity contribution in [1.82, 2.24) is 14.9 Å². The van der Waals surface area contributed by atoms with Gasteiger partial charge in [-0.1, -0.05) is 18.2 Å². The van der Waals surface area contributed by atoms with Crippen molar-refractivity contribution in [2.45, 2.75) is 50.9 Å². The number of fused-ring (bicyclic) bond motifs is 1. The Bertz CT molecular complexity index is 1960. The number of carboxylic acids is 1. The molecule has 2 aromatic heterocycles. The molecule has 0 bridgehead atoms. The number of aryl methyl sites for hydroxylation is 2. The number of anilines is 1.